The van der Waals surface area contributed by atoms with E-state index in [0.29, 0.717) is 6.42 Å². The molecule has 33 heavy (non-hydrogen) atoms. The predicted molar refractivity (Wildman–Crippen MR) is 82.4 cm³/mol. The van der Waals surface area contributed by atoms with Crippen LogP contribution >= 0.6 is 0 Å². The molecule has 194 valence electrons. The lowest BCUT2D eigenvalue weighted by Crippen LogP contribution is -2.63. The van der Waals surface area contributed by atoms with Gasteiger partial charge in [0.25, 0.3) is 0 Å². The third-order valence-electron chi connectivity index (χ3n) is 7.56. The van der Waals surface area contributed by atoms with Crippen LogP contribution in [0.5, 0.6) is 0 Å². The summed E-state index contributed by atoms with van der Waals surface area (Å²) < 4.78 is 192. The molecule has 0 N–H and O–H groups in total. The lowest BCUT2D eigenvalue weighted by molar-refractivity contribution is -0.373. The molecule has 1 nitrogen and oxygen atoms in total. The Morgan fingerprint density at radius 1 is 0.788 bits per heavy atom. The van der Waals surface area contributed by atoms with E-state index in [9.17, 15) is 61.5 Å². The van der Waals surface area contributed by atoms with E-state index < -0.39 is 60.6 Å². The number of rotatable bonds is 10. The van der Waals surface area contributed by atoms with Gasteiger partial charge in [0, 0.05) is 0 Å². The van der Waals surface area contributed by atoms with Gasteiger partial charge in [-0.2, -0.15) is 52.7 Å². The standard InChI is InChI=1S/C18H18F14O/c1-6-8-3-9-10(6)15(9,7(8)2)33-5-14(25,26)17(29,30)12(21,22)4-13(23,24)18(31,32)16(27,28)11(19)20/h6-11H,3-5H2,1-2H3. The first kappa shape index (κ1) is 26.6. The lowest BCUT2D eigenvalue weighted by atomic mass is 9.93. The molecule has 6 atom stereocenters. The second kappa shape index (κ2) is 7.02. The van der Waals surface area contributed by atoms with Crippen LogP contribution in [-0.2, 0) is 4.74 Å². The molecular formula is C18H18F14O. The first-order chi connectivity index (χ1) is 14.5. The van der Waals surface area contributed by atoms with Crippen molar-refractivity contribution in [2.45, 2.75) is 74.3 Å². The Hall–Kier alpha value is -1.02. The molecule has 0 aromatic rings. The number of hydrogen-bond donors (Lipinski definition) is 0. The van der Waals surface area contributed by atoms with Crippen LogP contribution in [0.2, 0.25) is 0 Å². The molecule has 4 aliphatic rings. The van der Waals surface area contributed by atoms with Crippen molar-refractivity contribution in [2.75, 3.05) is 6.61 Å². The zero-order chi connectivity index (χ0) is 25.8. The fraction of sp³-hybridized carbons (Fsp3) is 1.00. The van der Waals surface area contributed by atoms with Gasteiger partial charge in [-0.15, -0.1) is 0 Å². The summed E-state index contributed by atoms with van der Waals surface area (Å²) in [5.41, 5.74) is -1.28. The van der Waals surface area contributed by atoms with Crippen LogP contribution in [0.4, 0.5) is 61.5 Å². The minimum Gasteiger partial charge on any atom is -0.368 e. The summed E-state index contributed by atoms with van der Waals surface area (Å²) in [6.07, 6.45) is -9.20. The Balaban J connectivity index is 1.77. The van der Waals surface area contributed by atoms with E-state index >= 15 is 0 Å². The van der Waals surface area contributed by atoms with Gasteiger partial charge in [0.15, 0.2) is 0 Å². The van der Waals surface area contributed by atoms with Gasteiger partial charge in [0.1, 0.15) is 6.61 Å². The molecule has 4 aliphatic carbocycles. The molecule has 0 aromatic heterocycles. The van der Waals surface area contributed by atoms with Crippen LogP contribution in [0.3, 0.4) is 0 Å². The molecule has 0 amide bonds. The van der Waals surface area contributed by atoms with Crippen LogP contribution < -0.4 is 0 Å². The van der Waals surface area contributed by atoms with Gasteiger partial charge in [0.05, 0.1) is 12.0 Å². The molecule has 4 fully saturated rings. The van der Waals surface area contributed by atoms with Crippen molar-refractivity contribution < 1.29 is 66.2 Å². The highest BCUT2D eigenvalue weighted by Gasteiger charge is 2.84. The SMILES string of the molecule is CC1C2CC3C1C3(OCC(F)(F)C(F)(F)C(F)(F)CC(F)(F)C(F)(F)C(F)(F)C(F)F)C2C. The topological polar surface area (TPSA) is 9.23 Å². The summed E-state index contributed by atoms with van der Waals surface area (Å²) in [5, 5.41) is 0. The Morgan fingerprint density at radius 3 is 1.64 bits per heavy atom. The van der Waals surface area contributed by atoms with Crippen LogP contribution in [0.25, 0.3) is 0 Å². The van der Waals surface area contributed by atoms with Gasteiger partial charge >= 0.3 is 42.0 Å². The highest BCUT2D eigenvalue weighted by atomic mass is 19.4. The minimum absolute atomic E-state index is 0.0157. The van der Waals surface area contributed by atoms with E-state index in [4.69, 9.17) is 4.74 Å². The van der Waals surface area contributed by atoms with Gasteiger partial charge in [-0.25, -0.2) is 8.78 Å². The smallest absolute Gasteiger partial charge is 0.368 e. The second-order valence-corrected chi connectivity index (χ2v) is 9.18. The van der Waals surface area contributed by atoms with Gasteiger partial charge in [-0.1, -0.05) is 13.8 Å². The van der Waals surface area contributed by atoms with E-state index in [1.807, 2.05) is 0 Å². The first-order valence-electron chi connectivity index (χ1n) is 9.72. The third kappa shape index (κ3) is 3.21. The number of ether oxygens (including phenoxy) is 1. The van der Waals surface area contributed by atoms with E-state index in [0.717, 1.165) is 0 Å². The average Bonchev–Trinajstić information content (AvgIpc) is 2.90. The number of halogens is 14. The molecule has 0 heterocycles. The molecule has 0 aromatic carbocycles. The summed E-state index contributed by atoms with van der Waals surface area (Å²) in [7, 11) is 0. The predicted octanol–water partition coefficient (Wildman–Crippen LogP) is 6.76. The fourth-order valence-corrected chi connectivity index (χ4v) is 5.79. The summed E-state index contributed by atoms with van der Waals surface area (Å²) in [6, 6.07) is 0. The monoisotopic (exact) mass is 516 g/mol. The van der Waals surface area contributed by atoms with Gasteiger partial charge in [0.2, 0.25) is 0 Å². The highest BCUT2D eigenvalue weighted by molar-refractivity contribution is 5.30. The highest BCUT2D eigenvalue weighted by Crippen LogP contribution is 2.79. The van der Waals surface area contributed by atoms with Crippen LogP contribution in [0.15, 0.2) is 0 Å². The molecule has 0 aliphatic heterocycles. The van der Waals surface area contributed by atoms with Crippen molar-refractivity contribution in [2.24, 2.45) is 29.6 Å². The molecule has 4 bridgehead atoms. The summed E-state index contributed by atoms with van der Waals surface area (Å²) in [6.45, 7) is 0.981. The summed E-state index contributed by atoms with van der Waals surface area (Å²) >= 11 is 0. The molecule has 4 saturated carbocycles. The zero-order valence-corrected chi connectivity index (χ0v) is 16.8. The molecular weight excluding hydrogens is 498 g/mol. The van der Waals surface area contributed by atoms with E-state index in [2.05, 4.69) is 0 Å². The van der Waals surface area contributed by atoms with Crippen LogP contribution in [-0.4, -0.2) is 54.2 Å². The normalized spacial score (nSPS) is 35.0. The Kier molecular flexibility index (Phi) is 5.65. The lowest BCUT2D eigenvalue weighted by Gasteiger charge is -2.38. The van der Waals surface area contributed by atoms with Crippen LogP contribution in [0, 0.1) is 29.6 Å². The maximum Gasteiger partial charge on any atom is 0.378 e. The number of hydrogen-bond acceptors (Lipinski definition) is 1. The molecule has 0 saturated heterocycles. The molecule has 6 unspecified atom stereocenters. The maximum absolute atomic E-state index is 14.1. The van der Waals surface area contributed by atoms with Gasteiger partial charge in [-0.05, 0) is 36.0 Å². The zero-order valence-electron chi connectivity index (χ0n) is 16.8. The molecule has 4 rings (SSSR count). The first-order valence-corrected chi connectivity index (χ1v) is 9.72. The fourth-order valence-electron chi connectivity index (χ4n) is 5.79. The quantitative estimate of drug-likeness (QED) is 0.292. The maximum atomic E-state index is 14.1. The third-order valence-corrected chi connectivity index (χ3v) is 7.56. The van der Waals surface area contributed by atoms with Crippen molar-refractivity contribution in [1.29, 1.82) is 0 Å². The van der Waals surface area contributed by atoms with Gasteiger partial charge < -0.3 is 4.74 Å². The second-order valence-electron chi connectivity index (χ2n) is 9.18. The van der Waals surface area contributed by atoms with Gasteiger partial charge in [-0.3, -0.25) is 0 Å². The Morgan fingerprint density at radius 2 is 1.27 bits per heavy atom. The minimum atomic E-state index is -7.25. The van der Waals surface area contributed by atoms with E-state index in [1.54, 1.807) is 13.8 Å². The average molecular weight is 516 g/mol. The van der Waals surface area contributed by atoms with E-state index in [1.165, 1.54) is 0 Å². The molecule has 0 radical (unpaired) electrons. The molecule has 15 heteroatoms. The van der Waals surface area contributed by atoms with Crippen molar-refractivity contribution in [3.8, 4) is 0 Å². The summed E-state index contributed by atoms with van der Waals surface area (Å²) in [5.74, 6) is -41.4. The van der Waals surface area contributed by atoms with Crippen molar-refractivity contribution in [3.63, 3.8) is 0 Å². The Bertz CT molecular complexity index is 776. The largest absolute Gasteiger partial charge is 0.378 e. The summed E-state index contributed by atoms with van der Waals surface area (Å²) in [4.78, 5) is 0. The van der Waals surface area contributed by atoms with E-state index in [-0.39, 0.29) is 29.6 Å². The molecule has 0 spiro atoms. The van der Waals surface area contributed by atoms with Crippen molar-refractivity contribution in [1.82, 2.24) is 0 Å². The van der Waals surface area contributed by atoms with Crippen molar-refractivity contribution >= 4 is 0 Å². The van der Waals surface area contributed by atoms with Crippen LogP contribution in [0.1, 0.15) is 26.7 Å². The Labute approximate surface area is 177 Å². The van der Waals surface area contributed by atoms with Crippen molar-refractivity contribution in [3.05, 3.63) is 0 Å². The number of alkyl halides is 14.